The molecule has 0 spiro atoms. The van der Waals surface area contributed by atoms with Crippen molar-refractivity contribution >= 4 is 28.9 Å². The molecule has 3 aromatic rings. The Morgan fingerprint density at radius 1 is 1.12 bits per heavy atom. The van der Waals surface area contributed by atoms with Gasteiger partial charge in [0.15, 0.2) is 6.17 Å². The fourth-order valence-electron chi connectivity index (χ4n) is 3.06. The molecule has 2 aromatic carbocycles. The molecule has 130 valence electrons. The molecule has 0 saturated heterocycles. The molecule has 1 aliphatic heterocycles. The van der Waals surface area contributed by atoms with Gasteiger partial charge < -0.3 is 10.1 Å². The van der Waals surface area contributed by atoms with Crippen LogP contribution in [0.15, 0.2) is 66.9 Å². The quantitative estimate of drug-likeness (QED) is 0.738. The first-order valence-electron chi connectivity index (χ1n) is 8.12. The second-order valence-electron chi connectivity index (χ2n) is 5.87. The summed E-state index contributed by atoms with van der Waals surface area (Å²) in [6, 6.07) is 18.3. The summed E-state index contributed by atoms with van der Waals surface area (Å²) < 4.78 is 5.21. The maximum atomic E-state index is 13.0. The van der Waals surface area contributed by atoms with Crippen LogP contribution in [0.3, 0.4) is 0 Å². The lowest BCUT2D eigenvalue weighted by Gasteiger charge is -2.26. The number of ether oxygens (including phenoxy) is 1. The van der Waals surface area contributed by atoms with E-state index in [1.54, 1.807) is 36.4 Å². The predicted octanol–water partition coefficient (Wildman–Crippen LogP) is 4.51. The number of hydrogen-bond acceptors (Lipinski definition) is 4. The summed E-state index contributed by atoms with van der Waals surface area (Å²) in [5, 5.41) is 3.99. The highest BCUT2D eigenvalue weighted by atomic mass is 35.5. The van der Waals surface area contributed by atoms with Crippen molar-refractivity contribution < 1.29 is 9.53 Å². The highest BCUT2D eigenvalue weighted by Crippen LogP contribution is 2.37. The van der Waals surface area contributed by atoms with E-state index in [9.17, 15) is 4.79 Å². The molecule has 1 aliphatic rings. The number of rotatable bonds is 4. The van der Waals surface area contributed by atoms with Gasteiger partial charge in [-0.25, -0.2) is 0 Å². The van der Waals surface area contributed by atoms with Crippen molar-refractivity contribution in [3.63, 3.8) is 0 Å². The summed E-state index contributed by atoms with van der Waals surface area (Å²) in [6.45, 7) is 0. The summed E-state index contributed by atoms with van der Waals surface area (Å²) in [4.78, 5) is 19.1. The molecule has 1 aromatic heterocycles. The number of methoxy groups -OCH3 is 1. The molecule has 0 fully saturated rings. The molecule has 1 N–H and O–H groups in total. The Kier molecular flexibility index (Phi) is 4.22. The number of nitrogens with one attached hydrogen (secondary N) is 1. The number of anilines is 2. The average Bonchev–Trinajstić information content (AvgIpc) is 2.94. The number of carbonyl (C=O) groups excluding carboxylic acids is 1. The van der Waals surface area contributed by atoms with Crippen molar-refractivity contribution in [1.29, 1.82) is 0 Å². The van der Waals surface area contributed by atoms with Gasteiger partial charge in [-0.1, -0.05) is 17.7 Å². The zero-order valence-electron chi connectivity index (χ0n) is 14.0. The monoisotopic (exact) mass is 365 g/mol. The molecule has 26 heavy (non-hydrogen) atoms. The van der Waals surface area contributed by atoms with Crippen LogP contribution in [-0.2, 0) is 0 Å². The molecule has 4 rings (SSSR count). The van der Waals surface area contributed by atoms with E-state index >= 15 is 0 Å². The summed E-state index contributed by atoms with van der Waals surface area (Å²) in [6.07, 6.45) is 1.27. The molecule has 1 atom stereocenters. The number of fused-ring (bicyclic) bond motifs is 1. The summed E-state index contributed by atoms with van der Waals surface area (Å²) in [5.74, 6) is 0.633. The average molecular weight is 366 g/mol. The molecule has 0 unspecified atom stereocenters. The SMILES string of the molecule is COc1ccc(N2C(=O)c3cccnc3[C@H]2Nc2cccc(Cl)c2)cc1. The van der Waals surface area contributed by atoms with E-state index in [1.165, 1.54) is 0 Å². The number of hydrogen-bond donors (Lipinski definition) is 1. The van der Waals surface area contributed by atoms with E-state index in [0.717, 1.165) is 17.1 Å². The van der Waals surface area contributed by atoms with E-state index in [0.29, 0.717) is 16.3 Å². The van der Waals surface area contributed by atoms with Crippen molar-refractivity contribution in [3.05, 3.63) is 83.1 Å². The summed E-state index contributed by atoms with van der Waals surface area (Å²) in [5.41, 5.74) is 2.84. The lowest BCUT2D eigenvalue weighted by atomic mass is 10.2. The topological polar surface area (TPSA) is 54.5 Å². The van der Waals surface area contributed by atoms with E-state index in [-0.39, 0.29) is 5.91 Å². The molecule has 0 bridgehead atoms. The first kappa shape index (κ1) is 16.4. The molecule has 2 heterocycles. The second kappa shape index (κ2) is 6.69. The molecular formula is C20H16ClN3O2. The Balaban J connectivity index is 1.76. The Labute approximate surface area is 156 Å². The van der Waals surface area contributed by atoms with Gasteiger partial charge in [0.05, 0.1) is 18.4 Å². The van der Waals surface area contributed by atoms with Gasteiger partial charge in [0.1, 0.15) is 5.75 Å². The van der Waals surface area contributed by atoms with Crippen LogP contribution in [0.4, 0.5) is 11.4 Å². The van der Waals surface area contributed by atoms with Gasteiger partial charge in [-0.05, 0) is 54.6 Å². The third-order valence-corrected chi connectivity index (χ3v) is 4.52. The summed E-state index contributed by atoms with van der Waals surface area (Å²) >= 11 is 6.10. The van der Waals surface area contributed by atoms with Gasteiger partial charge in [0.2, 0.25) is 0 Å². The van der Waals surface area contributed by atoms with Crippen LogP contribution in [0, 0.1) is 0 Å². The molecule has 6 heteroatoms. The van der Waals surface area contributed by atoms with Crippen molar-refractivity contribution in [1.82, 2.24) is 4.98 Å². The van der Waals surface area contributed by atoms with Crippen LogP contribution in [0.1, 0.15) is 22.2 Å². The third kappa shape index (κ3) is 2.86. The van der Waals surface area contributed by atoms with Crippen LogP contribution in [0.2, 0.25) is 5.02 Å². The van der Waals surface area contributed by atoms with Gasteiger partial charge in [0, 0.05) is 22.6 Å². The molecule has 5 nitrogen and oxygen atoms in total. The Morgan fingerprint density at radius 3 is 2.65 bits per heavy atom. The summed E-state index contributed by atoms with van der Waals surface area (Å²) in [7, 11) is 1.61. The minimum atomic E-state index is -0.425. The number of nitrogens with zero attached hydrogens (tertiary/aromatic N) is 2. The minimum absolute atomic E-state index is 0.0993. The zero-order chi connectivity index (χ0) is 18.1. The first-order valence-corrected chi connectivity index (χ1v) is 8.50. The largest absolute Gasteiger partial charge is 0.497 e. The van der Waals surface area contributed by atoms with Crippen molar-refractivity contribution in [2.75, 3.05) is 17.3 Å². The van der Waals surface area contributed by atoms with E-state index in [1.807, 2.05) is 42.5 Å². The molecule has 1 amide bonds. The zero-order valence-corrected chi connectivity index (χ0v) is 14.8. The number of carbonyl (C=O) groups is 1. The number of aromatic nitrogens is 1. The lowest BCUT2D eigenvalue weighted by Crippen LogP contribution is -2.32. The normalized spacial score (nSPS) is 15.7. The Bertz CT molecular complexity index is 959. The number of pyridine rings is 1. The maximum absolute atomic E-state index is 13.0. The lowest BCUT2D eigenvalue weighted by molar-refractivity contribution is 0.0993. The van der Waals surface area contributed by atoms with Crippen molar-refractivity contribution in [2.45, 2.75) is 6.17 Å². The van der Waals surface area contributed by atoms with Gasteiger partial charge in [0.25, 0.3) is 5.91 Å². The smallest absolute Gasteiger partial charge is 0.262 e. The molecule has 0 aliphatic carbocycles. The number of halogens is 1. The van der Waals surface area contributed by atoms with Crippen LogP contribution in [0.5, 0.6) is 5.75 Å². The van der Waals surface area contributed by atoms with Crippen molar-refractivity contribution in [2.24, 2.45) is 0 Å². The highest BCUT2D eigenvalue weighted by molar-refractivity contribution is 6.30. The van der Waals surface area contributed by atoms with Crippen LogP contribution in [0.25, 0.3) is 0 Å². The number of benzene rings is 2. The van der Waals surface area contributed by atoms with Gasteiger partial charge in [-0.2, -0.15) is 0 Å². The van der Waals surface area contributed by atoms with E-state index in [4.69, 9.17) is 16.3 Å². The van der Waals surface area contributed by atoms with Crippen LogP contribution in [-0.4, -0.2) is 18.0 Å². The second-order valence-corrected chi connectivity index (χ2v) is 6.30. The highest BCUT2D eigenvalue weighted by Gasteiger charge is 2.39. The Hall–Kier alpha value is -3.05. The number of amides is 1. The first-order chi connectivity index (χ1) is 12.7. The standard InChI is InChI=1S/C20H16ClN3O2/c1-26-16-9-7-15(8-10-16)24-19(23-14-5-2-4-13(21)12-14)18-17(20(24)25)6-3-11-22-18/h2-12,19,23H,1H3/t19-/m0/s1. The Morgan fingerprint density at radius 2 is 1.92 bits per heavy atom. The maximum Gasteiger partial charge on any atom is 0.262 e. The fourth-order valence-corrected chi connectivity index (χ4v) is 3.25. The van der Waals surface area contributed by atoms with Gasteiger partial charge >= 0.3 is 0 Å². The molecule has 0 radical (unpaired) electrons. The molecular weight excluding hydrogens is 350 g/mol. The minimum Gasteiger partial charge on any atom is -0.497 e. The molecule has 0 saturated carbocycles. The predicted molar refractivity (Wildman–Crippen MR) is 102 cm³/mol. The van der Waals surface area contributed by atoms with Gasteiger partial charge in [-0.15, -0.1) is 0 Å². The van der Waals surface area contributed by atoms with E-state index in [2.05, 4.69) is 10.3 Å². The van der Waals surface area contributed by atoms with Crippen LogP contribution < -0.4 is 15.0 Å². The van der Waals surface area contributed by atoms with Crippen molar-refractivity contribution in [3.8, 4) is 5.75 Å². The van der Waals surface area contributed by atoms with Gasteiger partial charge in [-0.3, -0.25) is 14.7 Å². The van der Waals surface area contributed by atoms with E-state index < -0.39 is 6.17 Å². The van der Waals surface area contributed by atoms with Crippen LogP contribution >= 0.6 is 11.6 Å². The third-order valence-electron chi connectivity index (χ3n) is 4.28. The fraction of sp³-hybridized carbons (Fsp3) is 0.100.